The van der Waals surface area contributed by atoms with Crippen LogP contribution in [0.5, 0.6) is 0 Å². The first-order valence-corrected chi connectivity index (χ1v) is 10.1. The summed E-state index contributed by atoms with van der Waals surface area (Å²) in [5.74, 6) is -0.781. The molecular weight excluding hydrogens is 391 g/mol. The van der Waals surface area contributed by atoms with Crippen LogP contribution in [-0.2, 0) is 14.4 Å². The number of hydrogen-bond donors (Lipinski definition) is 1. The zero-order chi connectivity index (χ0) is 21.2. The molecule has 1 heterocycles. The van der Waals surface area contributed by atoms with E-state index >= 15 is 0 Å². The van der Waals surface area contributed by atoms with Gasteiger partial charge in [0.15, 0.2) is 5.78 Å². The lowest BCUT2D eigenvalue weighted by Gasteiger charge is -2.40. The number of rotatable bonds is 3. The molecule has 0 amide bonds. The van der Waals surface area contributed by atoms with Crippen LogP contribution >= 0.6 is 11.6 Å². The molecule has 1 aliphatic heterocycles. The van der Waals surface area contributed by atoms with Gasteiger partial charge in [-0.15, -0.1) is 11.6 Å². The molecule has 0 saturated heterocycles. The smallest absolute Gasteiger partial charge is 0.198 e. The average Bonchev–Trinajstić information content (AvgIpc) is 3.39. The number of halogens is 2. The summed E-state index contributed by atoms with van der Waals surface area (Å²) in [6, 6.07) is 12.1. The number of hydrogen-bond acceptors (Lipinski definition) is 3. The van der Waals surface area contributed by atoms with E-state index in [1.54, 1.807) is 58.0 Å². The minimum Gasteiger partial charge on any atom is -0.508 e. The van der Waals surface area contributed by atoms with E-state index in [1.807, 2.05) is 6.07 Å². The van der Waals surface area contributed by atoms with E-state index in [1.165, 1.54) is 6.07 Å². The van der Waals surface area contributed by atoms with Crippen LogP contribution in [0.2, 0.25) is 0 Å². The van der Waals surface area contributed by atoms with Gasteiger partial charge >= 0.3 is 0 Å². The van der Waals surface area contributed by atoms with Crippen molar-refractivity contribution in [3.05, 3.63) is 65.2 Å². The summed E-state index contributed by atoms with van der Waals surface area (Å²) in [6.45, 7) is 6.81. The zero-order valence-electron chi connectivity index (χ0n) is 17.0. The fourth-order valence-corrected chi connectivity index (χ4v) is 4.19. The zero-order valence-corrected chi connectivity index (χ0v) is 17.7. The van der Waals surface area contributed by atoms with Crippen molar-refractivity contribution in [2.24, 2.45) is 0 Å². The number of alkyl halides is 1. The van der Waals surface area contributed by atoms with Gasteiger partial charge in [-0.2, -0.15) is 0 Å². The van der Waals surface area contributed by atoms with Gasteiger partial charge in [-0.05, 0) is 69.4 Å². The number of ketones is 1. The van der Waals surface area contributed by atoms with Gasteiger partial charge in [0, 0.05) is 5.56 Å². The van der Waals surface area contributed by atoms with Crippen LogP contribution in [0, 0.1) is 5.82 Å². The summed E-state index contributed by atoms with van der Waals surface area (Å²) in [5, 5.41) is 10.7. The number of ether oxygens (including phenoxy) is 1. The first-order chi connectivity index (χ1) is 13.4. The lowest BCUT2D eigenvalue weighted by molar-refractivity contribution is -0.158. The Morgan fingerprint density at radius 2 is 1.66 bits per heavy atom. The molecule has 0 radical (unpaired) electrons. The molecule has 1 saturated carbocycles. The Balaban J connectivity index is 1.79. The van der Waals surface area contributed by atoms with Gasteiger partial charge < -0.3 is 9.84 Å². The Morgan fingerprint density at radius 1 is 1.00 bits per heavy atom. The Hall–Kier alpha value is -2.17. The maximum Gasteiger partial charge on any atom is 0.198 e. The lowest BCUT2D eigenvalue weighted by atomic mass is 9.82. The fourth-order valence-electron chi connectivity index (χ4n) is 3.98. The van der Waals surface area contributed by atoms with Crippen molar-refractivity contribution in [1.29, 1.82) is 0 Å². The molecule has 1 fully saturated rings. The summed E-state index contributed by atoms with van der Waals surface area (Å²) in [5.41, 5.74) is 0.508. The normalized spacial score (nSPS) is 21.9. The van der Waals surface area contributed by atoms with Crippen LogP contribution in [0.15, 0.2) is 48.2 Å². The van der Waals surface area contributed by atoms with Crippen molar-refractivity contribution < 1.29 is 19.0 Å². The molecule has 1 aliphatic carbocycles. The van der Waals surface area contributed by atoms with E-state index in [2.05, 4.69) is 0 Å². The Labute approximate surface area is 175 Å². The van der Waals surface area contributed by atoms with E-state index in [4.69, 9.17) is 16.3 Å². The first kappa shape index (κ1) is 20.1. The van der Waals surface area contributed by atoms with Crippen molar-refractivity contribution in [2.45, 2.75) is 56.6 Å². The minimum atomic E-state index is -1.08. The molecule has 3 nitrogen and oxygen atoms in total. The molecule has 2 aromatic rings. The largest absolute Gasteiger partial charge is 0.508 e. The highest BCUT2D eigenvalue weighted by Crippen LogP contribution is 2.52. The molecular formula is C24H24ClFO3. The Morgan fingerprint density at radius 3 is 2.28 bits per heavy atom. The number of carbonyl (C=O) groups excluding carboxylic acids is 1. The second-order valence-electron chi connectivity index (χ2n) is 8.92. The SMILES string of the molecule is CC1(C)OC(C)(C)C(O)=C(c2cccc(-c3ccc(C4(Cl)CC4)cc3F)c2)C1=O. The number of aliphatic hydroxyl groups is 1. The van der Waals surface area contributed by atoms with E-state index < -0.39 is 16.1 Å². The maximum absolute atomic E-state index is 14.9. The summed E-state index contributed by atoms with van der Waals surface area (Å²) >= 11 is 6.40. The number of carbonyl (C=O) groups is 1. The summed E-state index contributed by atoms with van der Waals surface area (Å²) in [6.07, 6.45) is 1.71. The van der Waals surface area contributed by atoms with Crippen LogP contribution < -0.4 is 0 Å². The van der Waals surface area contributed by atoms with Gasteiger partial charge in [-0.3, -0.25) is 4.79 Å². The molecule has 4 rings (SSSR count). The Bertz CT molecular complexity index is 1050. The van der Waals surface area contributed by atoms with Gasteiger partial charge in [0.1, 0.15) is 22.8 Å². The van der Waals surface area contributed by atoms with Crippen molar-refractivity contribution >= 4 is 23.0 Å². The van der Waals surface area contributed by atoms with E-state index in [-0.39, 0.29) is 22.9 Å². The highest BCUT2D eigenvalue weighted by molar-refractivity contribution is 6.26. The lowest BCUT2D eigenvalue weighted by Crippen LogP contribution is -2.49. The molecule has 29 heavy (non-hydrogen) atoms. The summed E-state index contributed by atoms with van der Waals surface area (Å²) < 4.78 is 20.7. The molecule has 0 bridgehead atoms. The van der Waals surface area contributed by atoms with Crippen LogP contribution in [-0.4, -0.2) is 22.1 Å². The minimum absolute atomic E-state index is 0.118. The van der Waals surface area contributed by atoms with Crippen LogP contribution in [0.25, 0.3) is 16.7 Å². The van der Waals surface area contributed by atoms with E-state index in [0.29, 0.717) is 16.7 Å². The van der Waals surface area contributed by atoms with Crippen LogP contribution in [0.3, 0.4) is 0 Å². The van der Waals surface area contributed by atoms with Gasteiger partial charge in [0.25, 0.3) is 0 Å². The number of benzene rings is 2. The highest BCUT2D eigenvalue weighted by Gasteiger charge is 2.47. The predicted molar refractivity (Wildman–Crippen MR) is 112 cm³/mol. The molecule has 0 spiro atoms. The van der Waals surface area contributed by atoms with E-state index in [9.17, 15) is 14.3 Å². The molecule has 2 aromatic carbocycles. The first-order valence-electron chi connectivity index (χ1n) is 9.73. The molecule has 0 aromatic heterocycles. The molecule has 5 heteroatoms. The molecule has 0 unspecified atom stereocenters. The third kappa shape index (κ3) is 3.38. The predicted octanol–water partition coefficient (Wildman–Crippen LogP) is 6.15. The van der Waals surface area contributed by atoms with Gasteiger partial charge in [0.2, 0.25) is 0 Å². The monoisotopic (exact) mass is 414 g/mol. The van der Waals surface area contributed by atoms with Crippen molar-refractivity contribution in [3.63, 3.8) is 0 Å². The molecule has 1 N–H and O–H groups in total. The van der Waals surface area contributed by atoms with Gasteiger partial charge in [-0.1, -0.05) is 30.3 Å². The average molecular weight is 415 g/mol. The maximum atomic E-state index is 14.9. The summed E-state index contributed by atoms with van der Waals surface area (Å²) in [7, 11) is 0. The number of Topliss-reactive ketones (excluding diaryl/α,β-unsaturated/α-hetero) is 1. The number of aliphatic hydroxyl groups excluding tert-OH is 1. The third-order valence-electron chi connectivity index (χ3n) is 5.73. The van der Waals surface area contributed by atoms with Gasteiger partial charge in [-0.25, -0.2) is 4.39 Å². The van der Waals surface area contributed by atoms with E-state index in [0.717, 1.165) is 18.4 Å². The topological polar surface area (TPSA) is 46.5 Å². The van der Waals surface area contributed by atoms with Gasteiger partial charge in [0.05, 0.1) is 10.4 Å². The third-order valence-corrected chi connectivity index (χ3v) is 6.33. The van der Waals surface area contributed by atoms with Crippen LogP contribution in [0.4, 0.5) is 4.39 Å². The highest BCUT2D eigenvalue weighted by atomic mass is 35.5. The molecule has 2 aliphatic rings. The summed E-state index contributed by atoms with van der Waals surface area (Å²) in [4.78, 5) is 12.6. The molecule has 0 atom stereocenters. The fraction of sp³-hybridized carbons (Fsp3) is 0.375. The van der Waals surface area contributed by atoms with Crippen molar-refractivity contribution in [3.8, 4) is 11.1 Å². The van der Waals surface area contributed by atoms with Crippen molar-refractivity contribution in [2.75, 3.05) is 0 Å². The van der Waals surface area contributed by atoms with Crippen LogP contribution in [0.1, 0.15) is 51.7 Å². The quantitative estimate of drug-likeness (QED) is 0.613. The standard InChI is InChI=1S/C24H24ClFO3/c1-22(2)20(27)19(21(28)23(3,4)29-22)15-7-5-6-14(12-15)17-9-8-16(13-18(17)26)24(25)10-11-24/h5-9,12-13,27H,10-11H2,1-4H3. The Kier molecular flexibility index (Phi) is 4.45. The van der Waals surface area contributed by atoms with Crippen molar-refractivity contribution in [1.82, 2.24) is 0 Å². The second kappa shape index (κ2) is 6.41. The second-order valence-corrected chi connectivity index (χ2v) is 9.64. The molecule has 152 valence electrons.